The molecular formula is C12H12BrN3O3. The van der Waals surface area contributed by atoms with E-state index in [0.29, 0.717) is 11.3 Å². The Morgan fingerprint density at radius 3 is 2.95 bits per heavy atom. The fourth-order valence-corrected chi connectivity index (χ4v) is 2.09. The van der Waals surface area contributed by atoms with Crippen LogP contribution in [0.25, 0.3) is 0 Å². The number of hydrazine groups is 1. The second-order valence-corrected chi connectivity index (χ2v) is 4.93. The van der Waals surface area contributed by atoms with E-state index in [2.05, 4.69) is 15.9 Å². The van der Waals surface area contributed by atoms with Crippen LogP contribution in [0, 0.1) is 6.92 Å². The molecule has 0 saturated carbocycles. The fourth-order valence-electron chi connectivity index (χ4n) is 1.71. The van der Waals surface area contributed by atoms with E-state index < -0.39 is 5.91 Å². The van der Waals surface area contributed by atoms with Crippen LogP contribution in [0.1, 0.15) is 21.9 Å². The predicted octanol–water partition coefficient (Wildman–Crippen LogP) is 1.16. The van der Waals surface area contributed by atoms with E-state index in [1.54, 1.807) is 25.3 Å². The van der Waals surface area contributed by atoms with Gasteiger partial charge in [-0.15, -0.1) is 0 Å². The zero-order valence-corrected chi connectivity index (χ0v) is 11.7. The Bertz CT molecular complexity index is 675. The maximum absolute atomic E-state index is 11.7. The molecule has 2 heterocycles. The van der Waals surface area contributed by atoms with Crippen molar-refractivity contribution in [2.75, 3.05) is 0 Å². The Labute approximate surface area is 117 Å². The first kappa shape index (κ1) is 13.6. The standard InChI is InChI=1S/C12H12BrN3O3/c1-7-4-9(19-11(7)12(18)15-14)6-16-5-8(13)2-3-10(16)17/h2-5H,6,14H2,1H3,(H,15,18). The van der Waals surface area contributed by atoms with Gasteiger partial charge < -0.3 is 8.98 Å². The molecule has 0 aromatic carbocycles. The van der Waals surface area contributed by atoms with Crippen molar-refractivity contribution >= 4 is 21.8 Å². The minimum atomic E-state index is -0.495. The fraction of sp³-hybridized carbons (Fsp3) is 0.167. The quantitative estimate of drug-likeness (QED) is 0.503. The lowest BCUT2D eigenvalue weighted by Crippen LogP contribution is -2.30. The molecule has 0 fully saturated rings. The summed E-state index contributed by atoms with van der Waals surface area (Å²) < 4.78 is 7.66. The summed E-state index contributed by atoms with van der Waals surface area (Å²) in [4.78, 5) is 23.1. The van der Waals surface area contributed by atoms with Gasteiger partial charge in [0.25, 0.3) is 5.56 Å². The molecule has 2 rings (SSSR count). The summed E-state index contributed by atoms with van der Waals surface area (Å²) in [6.07, 6.45) is 1.66. The molecule has 7 heteroatoms. The minimum absolute atomic E-state index is 0.151. The number of nitrogen functional groups attached to an aromatic ring is 1. The van der Waals surface area contributed by atoms with Crippen LogP contribution < -0.4 is 16.8 Å². The van der Waals surface area contributed by atoms with Gasteiger partial charge in [0, 0.05) is 22.3 Å². The van der Waals surface area contributed by atoms with Gasteiger partial charge in [-0.3, -0.25) is 15.0 Å². The van der Waals surface area contributed by atoms with Gasteiger partial charge in [-0.2, -0.15) is 0 Å². The van der Waals surface area contributed by atoms with Crippen molar-refractivity contribution in [1.29, 1.82) is 0 Å². The zero-order valence-electron chi connectivity index (χ0n) is 10.1. The molecule has 0 aliphatic carbocycles. The van der Waals surface area contributed by atoms with Crippen LogP contribution in [0.5, 0.6) is 0 Å². The third-order valence-corrected chi connectivity index (χ3v) is 3.05. The average molecular weight is 326 g/mol. The lowest BCUT2D eigenvalue weighted by Gasteiger charge is -2.03. The Balaban J connectivity index is 2.32. The SMILES string of the molecule is Cc1cc(Cn2cc(Br)ccc2=O)oc1C(=O)NN. The summed E-state index contributed by atoms with van der Waals surface area (Å²) >= 11 is 3.29. The average Bonchev–Trinajstić information content (AvgIpc) is 2.74. The van der Waals surface area contributed by atoms with Gasteiger partial charge in [0.1, 0.15) is 5.76 Å². The van der Waals surface area contributed by atoms with Gasteiger partial charge in [0.15, 0.2) is 5.76 Å². The molecule has 0 atom stereocenters. The maximum Gasteiger partial charge on any atom is 0.301 e. The predicted molar refractivity (Wildman–Crippen MR) is 72.6 cm³/mol. The molecule has 3 N–H and O–H groups in total. The van der Waals surface area contributed by atoms with E-state index in [4.69, 9.17) is 10.3 Å². The van der Waals surface area contributed by atoms with Crippen LogP contribution >= 0.6 is 15.9 Å². The first-order valence-corrected chi connectivity index (χ1v) is 6.27. The number of carbonyl (C=O) groups excluding carboxylic acids is 1. The number of furan rings is 1. The summed E-state index contributed by atoms with van der Waals surface area (Å²) in [5, 5.41) is 0. The van der Waals surface area contributed by atoms with E-state index >= 15 is 0 Å². The van der Waals surface area contributed by atoms with Crippen molar-refractivity contribution in [1.82, 2.24) is 9.99 Å². The molecule has 100 valence electrons. The monoisotopic (exact) mass is 325 g/mol. The van der Waals surface area contributed by atoms with E-state index in [9.17, 15) is 9.59 Å². The van der Waals surface area contributed by atoms with Crippen LogP contribution in [-0.4, -0.2) is 10.5 Å². The zero-order chi connectivity index (χ0) is 14.0. The lowest BCUT2D eigenvalue weighted by molar-refractivity contribution is 0.0923. The minimum Gasteiger partial charge on any atom is -0.454 e. The highest BCUT2D eigenvalue weighted by molar-refractivity contribution is 9.10. The third-order valence-electron chi connectivity index (χ3n) is 2.58. The number of nitrogens with two attached hydrogens (primary N) is 1. The van der Waals surface area contributed by atoms with Gasteiger partial charge >= 0.3 is 5.91 Å². The number of amides is 1. The van der Waals surface area contributed by atoms with Crippen molar-refractivity contribution < 1.29 is 9.21 Å². The van der Waals surface area contributed by atoms with E-state index in [-0.39, 0.29) is 17.9 Å². The highest BCUT2D eigenvalue weighted by Crippen LogP contribution is 2.15. The highest BCUT2D eigenvalue weighted by Gasteiger charge is 2.15. The van der Waals surface area contributed by atoms with Crippen LogP contribution in [0.4, 0.5) is 0 Å². The summed E-state index contributed by atoms with van der Waals surface area (Å²) in [5.41, 5.74) is 2.53. The summed E-state index contributed by atoms with van der Waals surface area (Å²) in [5.74, 6) is 5.23. The number of hydrogen-bond acceptors (Lipinski definition) is 4. The van der Waals surface area contributed by atoms with Crippen LogP contribution in [-0.2, 0) is 6.54 Å². The Hall–Kier alpha value is -1.86. The van der Waals surface area contributed by atoms with E-state index in [1.807, 2.05) is 5.43 Å². The number of halogens is 1. The topological polar surface area (TPSA) is 90.3 Å². The van der Waals surface area contributed by atoms with E-state index in [1.165, 1.54) is 10.6 Å². The number of hydrogen-bond donors (Lipinski definition) is 2. The van der Waals surface area contributed by atoms with Crippen molar-refractivity contribution in [3.8, 4) is 0 Å². The number of nitrogens with one attached hydrogen (secondary N) is 1. The summed E-state index contributed by atoms with van der Waals surface area (Å²) in [7, 11) is 0. The Morgan fingerprint density at radius 2 is 2.26 bits per heavy atom. The van der Waals surface area contributed by atoms with Crippen molar-refractivity contribution in [3.63, 3.8) is 0 Å². The van der Waals surface area contributed by atoms with Gasteiger partial charge in [0.2, 0.25) is 0 Å². The number of pyridine rings is 1. The molecule has 2 aromatic heterocycles. The van der Waals surface area contributed by atoms with Gasteiger partial charge in [-0.05, 0) is 35.0 Å². The molecule has 0 radical (unpaired) electrons. The molecule has 0 unspecified atom stereocenters. The maximum atomic E-state index is 11.7. The molecule has 2 aromatic rings. The molecule has 6 nitrogen and oxygen atoms in total. The molecule has 0 bridgehead atoms. The molecule has 0 spiro atoms. The van der Waals surface area contributed by atoms with E-state index in [0.717, 1.165) is 4.47 Å². The summed E-state index contributed by atoms with van der Waals surface area (Å²) in [6, 6.07) is 4.82. The highest BCUT2D eigenvalue weighted by atomic mass is 79.9. The van der Waals surface area contributed by atoms with Gasteiger partial charge in [-0.1, -0.05) is 0 Å². The smallest absolute Gasteiger partial charge is 0.301 e. The van der Waals surface area contributed by atoms with Crippen LogP contribution in [0.2, 0.25) is 0 Å². The first-order chi connectivity index (χ1) is 9.01. The number of rotatable bonds is 3. The van der Waals surface area contributed by atoms with Gasteiger partial charge in [0.05, 0.1) is 6.54 Å². The molecule has 0 saturated heterocycles. The van der Waals surface area contributed by atoms with Crippen molar-refractivity contribution in [2.45, 2.75) is 13.5 Å². The Morgan fingerprint density at radius 1 is 1.53 bits per heavy atom. The molecule has 19 heavy (non-hydrogen) atoms. The second-order valence-electron chi connectivity index (χ2n) is 4.01. The lowest BCUT2D eigenvalue weighted by atomic mass is 10.2. The number of carbonyl (C=O) groups is 1. The molecule has 1 amide bonds. The number of aryl methyl sites for hydroxylation is 1. The number of nitrogens with zero attached hydrogens (tertiary/aromatic N) is 1. The normalized spacial score (nSPS) is 10.5. The van der Waals surface area contributed by atoms with Gasteiger partial charge in [-0.25, -0.2) is 5.84 Å². The molecule has 0 aliphatic rings. The largest absolute Gasteiger partial charge is 0.454 e. The van der Waals surface area contributed by atoms with Crippen molar-refractivity contribution in [2.24, 2.45) is 5.84 Å². The van der Waals surface area contributed by atoms with Crippen molar-refractivity contribution in [3.05, 3.63) is 56.3 Å². The number of aromatic nitrogens is 1. The Kier molecular flexibility index (Phi) is 3.87. The van der Waals surface area contributed by atoms with Crippen LogP contribution in [0.15, 0.2) is 38.1 Å². The summed E-state index contributed by atoms with van der Waals surface area (Å²) in [6.45, 7) is 1.98. The third kappa shape index (κ3) is 2.94. The molecule has 0 aliphatic heterocycles. The first-order valence-electron chi connectivity index (χ1n) is 5.47. The second kappa shape index (κ2) is 5.41. The molecular weight excluding hydrogens is 314 g/mol. The van der Waals surface area contributed by atoms with Crippen LogP contribution in [0.3, 0.4) is 0 Å².